The van der Waals surface area contributed by atoms with Crippen LogP contribution < -0.4 is 15.8 Å². The molecule has 0 aliphatic carbocycles. The maximum absolute atomic E-state index is 12.4. The van der Waals surface area contributed by atoms with Gasteiger partial charge in [0.25, 0.3) is 5.91 Å². The number of aliphatic imine (C=N–C) groups is 1. The van der Waals surface area contributed by atoms with E-state index in [-0.39, 0.29) is 23.5 Å². The van der Waals surface area contributed by atoms with Crippen molar-refractivity contribution in [3.8, 4) is 5.75 Å². The molecule has 0 bridgehead atoms. The zero-order valence-corrected chi connectivity index (χ0v) is 17.5. The number of nitrogens with two attached hydrogens (primary N) is 1. The number of thiazole rings is 1. The Morgan fingerprint density at radius 2 is 2.30 bits per heavy atom. The minimum Gasteiger partial charge on any atom is -0.433 e. The lowest BCUT2D eigenvalue weighted by Gasteiger charge is -2.44. The molecule has 3 N–H and O–H groups in total. The monoisotopic (exact) mass is 455 g/mol. The Morgan fingerprint density at radius 3 is 3.03 bits per heavy atom. The first kappa shape index (κ1) is 20.9. The Balaban J connectivity index is 1.51. The summed E-state index contributed by atoms with van der Waals surface area (Å²) in [5.74, 6) is 0.784. The normalized spacial score (nSPS) is 26.1. The lowest BCUT2D eigenvalue weighted by Crippen LogP contribution is -2.49. The van der Waals surface area contributed by atoms with Crippen molar-refractivity contribution in [3.05, 3.63) is 34.4 Å². The Bertz CT molecular complexity index is 956. The number of carbonyl (C=O) groups excluding carboxylic acids is 1. The summed E-state index contributed by atoms with van der Waals surface area (Å²) in [6.07, 6.45) is 2.05. The largest absolute Gasteiger partial charge is 0.433 e. The van der Waals surface area contributed by atoms with Crippen LogP contribution in [-0.2, 0) is 10.3 Å². The second-order valence-corrected chi connectivity index (χ2v) is 8.89. The predicted molar refractivity (Wildman–Crippen MR) is 110 cm³/mol. The second-order valence-electron chi connectivity index (χ2n) is 6.99. The lowest BCUT2D eigenvalue weighted by atomic mass is 9.80. The molecule has 2 aromatic rings. The van der Waals surface area contributed by atoms with Gasteiger partial charge in [-0.2, -0.15) is 8.78 Å². The number of halogens is 2. The number of thioether (sulfide) groups is 1. The zero-order valence-electron chi connectivity index (χ0n) is 15.9. The van der Waals surface area contributed by atoms with Gasteiger partial charge >= 0.3 is 6.61 Å². The van der Waals surface area contributed by atoms with Crippen LogP contribution in [0, 0.1) is 5.92 Å². The van der Waals surface area contributed by atoms with Gasteiger partial charge in [0.15, 0.2) is 5.17 Å². The van der Waals surface area contributed by atoms with Crippen molar-refractivity contribution >= 4 is 40.0 Å². The van der Waals surface area contributed by atoms with E-state index in [1.807, 2.05) is 6.92 Å². The van der Waals surface area contributed by atoms with Gasteiger partial charge in [-0.25, -0.2) is 15.0 Å². The third-order valence-electron chi connectivity index (χ3n) is 4.93. The maximum atomic E-state index is 12.4. The van der Waals surface area contributed by atoms with Gasteiger partial charge in [-0.05, 0) is 25.5 Å². The molecule has 4 rings (SSSR count). The molecule has 0 radical (unpaired) electrons. The molecule has 30 heavy (non-hydrogen) atoms. The summed E-state index contributed by atoms with van der Waals surface area (Å²) in [6, 6.07) is 2.55. The summed E-state index contributed by atoms with van der Waals surface area (Å²) in [4.78, 5) is 25.6. The fourth-order valence-electron chi connectivity index (χ4n) is 3.48. The number of carbonyl (C=O) groups is 1. The SMILES string of the molecule is C[C@H]1C[C@H]2CSC(N)=NC2(c2nc(NC(=O)c3ccc(OC(F)F)cn3)cs2)CO1. The number of fused-ring (bicyclic) bond motifs is 1. The molecule has 1 amide bonds. The summed E-state index contributed by atoms with van der Waals surface area (Å²) in [5.41, 5.74) is 5.40. The highest BCUT2D eigenvalue weighted by Gasteiger charge is 2.49. The van der Waals surface area contributed by atoms with E-state index < -0.39 is 18.1 Å². The molecule has 8 nitrogen and oxygen atoms in total. The third-order valence-corrected chi connectivity index (χ3v) is 6.90. The van der Waals surface area contributed by atoms with E-state index >= 15 is 0 Å². The van der Waals surface area contributed by atoms with E-state index in [2.05, 4.69) is 20.0 Å². The molecule has 2 aliphatic rings. The van der Waals surface area contributed by atoms with Crippen LogP contribution in [-0.4, -0.2) is 46.1 Å². The summed E-state index contributed by atoms with van der Waals surface area (Å²) in [6.45, 7) is -0.535. The Kier molecular flexibility index (Phi) is 5.89. The first-order chi connectivity index (χ1) is 14.4. The van der Waals surface area contributed by atoms with Crippen LogP contribution in [0.2, 0.25) is 0 Å². The Morgan fingerprint density at radius 1 is 1.47 bits per heavy atom. The number of rotatable bonds is 5. The average Bonchev–Trinajstić information content (AvgIpc) is 3.17. The second kappa shape index (κ2) is 8.44. The van der Waals surface area contributed by atoms with Crippen molar-refractivity contribution in [3.63, 3.8) is 0 Å². The topological polar surface area (TPSA) is 112 Å². The van der Waals surface area contributed by atoms with Crippen LogP contribution in [0.5, 0.6) is 5.75 Å². The number of alkyl halides is 2. The van der Waals surface area contributed by atoms with E-state index in [1.165, 1.54) is 35.2 Å². The highest BCUT2D eigenvalue weighted by molar-refractivity contribution is 8.13. The molecule has 160 valence electrons. The predicted octanol–water partition coefficient (Wildman–Crippen LogP) is 3.07. The van der Waals surface area contributed by atoms with Crippen molar-refractivity contribution in [1.29, 1.82) is 0 Å². The number of pyridine rings is 1. The van der Waals surface area contributed by atoms with E-state index in [0.29, 0.717) is 17.6 Å². The highest BCUT2D eigenvalue weighted by atomic mass is 32.2. The van der Waals surface area contributed by atoms with Crippen LogP contribution in [0.1, 0.15) is 28.8 Å². The molecule has 1 unspecified atom stereocenters. The number of hydrogen-bond acceptors (Lipinski definition) is 9. The quantitative estimate of drug-likeness (QED) is 0.713. The van der Waals surface area contributed by atoms with Crippen LogP contribution in [0.25, 0.3) is 0 Å². The Hall–Kier alpha value is -2.31. The average molecular weight is 456 g/mol. The van der Waals surface area contributed by atoms with Crippen molar-refractivity contribution in [2.45, 2.75) is 31.6 Å². The summed E-state index contributed by atoms with van der Waals surface area (Å²) in [5, 5.41) is 5.62. The molecule has 2 aliphatic heterocycles. The van der Waals surface area contributed by atoms with E-state index in [9.17, 15) is 13.6 Å². The van der Waals surface area contributed by atoms with E-state index in [0.717, 1.165) is 23.4 Å². The van der Waals surface area contributed by atoms with Gasteiger partial charge in [0.05, 0.1) is 18.9 Å². The number of hydrogen-bond donors (Lipinski definition) is 2. The minimum atomic E-state index is -2.95. The number of amidine groups is 1. The van der Waals surface area contributed by atoms with Crippen LogP contribution in [0.15, 0.2) is 28.7 Å². The maximum Gasteiger partial charge on any atom is 0.387 e. The Labute approximate surface area is 179 Å². The fourth-order valence-corrected chi connectivity index (χ4v) is 5.45. The van der Waals surface area contributed by atoms with Crippen molar-refractivity contribution < 1.29 is 23.0 Å². The first-order valence-electron chi connectivity index (χ1n) is 9.13. The van der Waals surface area contributed by atoms with Gasteiger partial charge < -0.3 is 20.5 Å². The molecular weight excluding hydrogens is 436 g/mol. The van der Waals surface area contributed by atoms with Crippen molar-refractivity contribution in [1.82, 2.24) is 9.97 Å². The number of nitrogens with zero attached hydrogens (tertiary/aromatic N) is 3. The van der Waals surface area contributed by atoms with Gasteiger partial charge in [0.2, 0.25) is 0 Å². The van der Waals surface area contributed by atoms with Gasteiger partial charge in [0, 0.05) is 17.1 Å². The zero-order chi connectivity index (χ0) is 21.3. The molecule has 3 atom stereocenters. The first-order valence-corrected chi connectivity index (χ1v) is 11.0. The fraction of sp³-hybridized carbons (Fsp3) is 0.444. The molecule has 0 spiro atoms. The number of nitrogens with one attached hydrogen (secondary N) is 1. The van der Waals surface area contributed by atoms with Crippen LogP contribution >= 0.6 is 23.1 Å². The van der Waals surface area contributed by atoms with Gasteiger partial charge in [-0.3, -0.25) is 4.79 Å². The lowest BCUT2D eigenvalue weighted by molar-refractivity contribution is -0.0500. The van der Waals surface area contributed by atoms with Crippen LogP contribution in [0.3, 0.4) is 0 Å². The third kappa shape index (κ3) is 4.25. The molecule has 2 aromatic heterocycles. The summed E-state index contributed by atoms with van der Waals surface area (Å²) >= 11 is 2.91. The number of amides is 1. The molecule has 1 saturated heterocycles. The van der Waals surface area contributed by atoms with Crippen LogP contribution in [0.4, 0.5) is 14.6 Å². The van der Waals surface area contributed by atoms with Crippen molar-refractivity contribution in [2.75, 3.05) is 17.7 Å². The van der Waals surface area contributed by atoms with Gasteiger partial charge in [-0.1, -0.05) is 11.8 Å². The van der Waals surface area contributed by atoms with Crippen molar-refractivity contribution in [2.24, 2.45) is 16.6 Å². The van der Waals surface area contributed by atoms with Gasteiger partial charge in [0.1, 0.15) is 27.8 Å². The van der Waals surface area contributed by atoms with E-state index in [4.69, 9.17) is 15.5 Å². The molecule has 12 heteroatoms. The smallest absolute Gasteiger partial charge is 0.387 e. The minimum absolute atomic E-state index is 0.0494. The molecule has 0 aromatic carbocycles. The molecular formula is C18H19F2N5O3S2. The standard InChI is InChI=1S/C18H19F2N5O3S2/c1-9-4-10-6-30-17(21)25-18(10,8-27-9)15-24-13(7-29-15)23-14(26)12-3-2-11(5-22-12)28-16(19)20/h2-3,5,7,9-10,16H,4,6,8H2,1H3,(H2,21,25)(H,23,26)/t9-,10-,18?/m0/s1. The highest BCUT2D eigenvalue weighted by Crippen LogP contribution is 2.47. The molecule has 0 saturated carbocycles. The molecule has 4 heterocycles. The number of ether oxygens (including phenoxy) is 2. The number of aromatic nitrogens is 2. The van der Waals surface area contributed by atoms with Gasteiger partial charge in [-0.15, -0.1) is 11.3 Å². The molecule has 1 fully saturated rings. The summed E-state index contributed by atoms with van der Waals surface area (Å²) < 4.78 is 34.6. The summed E-state index contributed by atoms with van der Waals surface area (Å²) in [7, 11) is 0. The van der Waals surface area contributed by atoms with E-state index in [1.54, 1.807) is 5.38 Å². The number of anilines is 1.